The average Bonchev–Trinajstić information content (AvgIpc) is 2.35. The zero-order chi connectivity index (χ0) is 12.1. The molecule has 17 heavy (non-hydrogen) atoms. The van der Waals surface area contributed by atoms with Crippen LogP contribution in [0.3, 0.4) is 0 Å². The molecule has 0 aliphatic carbocycles. The van der Waals surface area contributed by atoms with E-state index in [1.54, 1.807) is 12.1 Å². The first-order valence-corrected chi connectivity index (χ1v) is 5.50. The van der Waals surface area contributed by atoms with Gasteiger partial charge in [-0.2, -0.15) is 0 Å². The van der Waals surface area contributed by atoms with Gasteiger partial charge in [-0.05, 0) is 54.9 Å². The van der Waals surface area contributed by atoms with E-state index in [4.69, 9.17) is 10.5 Å². The van der Waals surface area contributed by atoms with Gasteiger partial charge in [-0.15, -0.1) is 0 Å². The Kier molecular flexibility index (Phi) is 3.73. The molecule has 2 N–H and O–H groups in total. The normalized spacial score (nSPS) is 10.2. The highest BCUT2D eigenvalue weighted by Gasteiger charge is 1.98. The summed E-state index contributed by atoms with van der Waals surface area (Å²) >= 11 is 0. The Balaban J connectivity index is 2.05. The number of rotatable bonds is 4. The molecule has 0 atom stereocenters. The molecular weight excluding hydrogens is 217 g/mol. The first-order valence-electron chi connectivity index (χ1n) is 5.50. The van der Waals surface area contributed by atoms with Crippen LogP contribution < -0.4 is 10.5 Å². The molecule has 2 rings (SSSR count). The van der Waals surface area contributed by atoms with Crippen LogP contribution in [-0.4, -0.2) is 6.54 Å². The Morgan fingerprint density at radius 2 is 1.41 bits per heavy atom. The molecule has 0 bridgehead atoms. The lowest BCUT2D eigenvalue weighted by atomic mass is 10.1. The van der Waals surface area contributed by atoms with Gasteiger partial charge in [-0.3, -0.25) is 0 Å². The molecule has 0 aliphatic heterocycles. The summed E-state index contributed by atoms with van der Waals surface area (Å²) < 4.78 is 18.3. The van der Waals surface area contributed by atoms with Crippen molar-refractivity contribution < 1.29 is 9.13 Å². The van der Waals surface area contributed by atoms with Crippen LogP contribution in [0.4, 0.5) is 4.39 Å². The first kappa shape index (κ1) is 11.6. The van der Waals surface area contributed by atoms with Gasteiger partial charge in [0.2, 0.25) is 0 Å². The molecule has 0 spiro atoms. The fraction of sp³-hybridized carbons (Fsp3) is 0.143. The smallest absolute Gasteiger partial charge is 0.127 e. The lowest BCUT2D eigenvalue weighted by Crippen LogP contribution is -2.02. The summed E-state index contributed by atoms with van der Waals surface area (Å²) in [6.45, 7) is 0.637. The molecule has 88 valence electrons. The highest BCUT2D eigenvalue weighted by molar-refractivity contribution is 5.33. The van der Waals surface area contributed by atoms with E-state index in [1.807, 2.05) is 24.3 Å². The maximum atomic E-state index is 12.7. The Labute approximate surface area is 99.8 Å². The molecule has 2 aromatic rings. The van der Waals surface area contributed by atoms with E-state index in [1.165, 1.54) is 17.7 Å². The minimum absolute atomic E-state index is 0.268. The maximum absolute atomic E-state index is 12.7. The Morgan fingerprint density at radius 1 is 0.882 bits per heavy atom. The molecule has 2 nitrogen and oxygen atoms in total. The maximum Gasteiger partial charge on any atom is 0.127 e. The number of hydrogen-bond acceptors (Lipinski definition) is 2. The van der Waals surface area contributed by atoms with E-state index < -0.39 is 0 Å². The fourth-order valence-corrected chi connectivity index (χ4v) is 1.53. The second kappa shape index (κ2) is 5.46. The number of ether oxygens (including phenoxy) is 1. The molecule has 0 fully saturated rings. The highest BCUT2D eigenvalue weighted by Crippen LogP contribution is 2.21. The van der Waals surface area contributed by atoms with Crippen LogP contribution in [0.5, 0.6) is 11.5 Å². The lowest BCUT2D eigenvalue weighted by molar-refractivity contribution is 0.480. The molecule has 0 saturated heterocycles. The minimum Gasteiger partial charge on any atom is -0.457 e. The number of halogens is 1. The molecule has 0 saturated carbocycles. The molecule has 0 heterocycles. The average molecular weight is 231 g/mol. The molecule has 0 radical (unpaired) electrons. The van der Waals surface area contributed by atoms with E-state index in [0.29, 0.717) is 12.3 Å². The van der Waals surface area contributed by atoms with E-state index in [0.717, 1.165) is 12.2 Å². The van der Waals surface area contributed by atoms with Gasteiger partial charge in [0, 0.05) is 0 Å². The largest absolute Gasteiger partial charge is 0.457 e. The summed E-state index contributed by atoms with van der Waals surface area (Å²) in [5, 5.41) is 0. The first-order chi connectivity index (χ1) is 8.28. The van der Waals surface area contributed by atoms with Gasteiger partial charge >= 0.3 is 0 Å². The van der Waals surface area contributed by atoms with Gasteiger partial charge in [-0.1, -0.05) is 12.1 Å². The zero-order valence-electron chi connectivity index (χ0n) is 9.40. The fourth-order valence-electron chi connectivity index (χ4n) is 1.53. The summed E-state index contributed by atoms with van der Waals surface area (Å²) in [6.07, 6.45) is 0.858. The molecule has 0 aliphatic rings. The molecule has 3 heteroatoms. The van der Waals surface area contributed by atoms with Crippen LogP contribution in [0.25, 0.3) is 0 Å². The SMILES string of the molecule is NCCc1ccc(Oc2ccc(F)cc2)cc1. The Morgan fingerprint density at radius 3 is 1.94 bits per heavy atom. The molecule has 2 aromatic carbocycles. The monoisotopic (exact) mass is 231 g/mol. The van der Waals surface area contributed by atoms with Crippen molar-refractivity contribution in [1.29, 1.82) is 0 Å². The number of benzene rings is 2. The van der Waals surface area contributed by atoms with Crippen molar-refractivity contribution in [3.8, 4) is 11.5 Å². The molecule has 0 unspecified atom stereocenters. The van der Waals surface area contributed by atoms with E-state index in [2.05, 4.69) is 0 Å². The topological polar surface area (TPSA) is 35.2 Å². The highest BCUT2D eigenvalue weighted by atomic mass is 19.1. The van der Waals surface area contributed by atoms with Crippen molar-refractivity contribution in [2.45, 2.75) is 6.42 Å². The van der Waals surface area contributed by atoms with Crippen molar-refractivity contribution in [2.75, 3.05) is 6.54 Å². The summed E-state index contributed by atoms with van der Waals surface area (Å²) in [5.41, 5.74) is 6.65. The van der Waals surface area contributed by atoms with Gasteiger partial charge in [0.15, 0.2) is 0 Å². The van der Waals surface area contributed by atoms with Gasteiger partial charge in [-0.25, -0.2) is 4.39 Å². The van der Waals surface area contributed by atoms with Gasteiger partial charge in [0.05, 0.1) is 0 Å². The Hall–Kier alpha value is -1.87. The van der Waals surface area contributed by atoms with Crippen LogP contribution in [0.15, 0.2) is 48.5 Å². The van der Waals surface area contributed by atoms with Crippen LogP contribution in [0.1, 0.15) is 5.56 Å². The van der Waals surface area contributed by atoms with Crippen molar-refractivity contribution in [3.63, 3.8) is 0 Å². The van der Waals surface area contributed by atoms with Crippen molar-refractivity contribution in [1.82, 2.24) is 0 Å². The number of hydrogen-bond donors (Lipinski definition) is 1. The zero-order valence-corrected chi connectivity index (χ0v) is 9.40. The van der Waals surface area contributed by atoms with E-state index in [-0.39, 0.29) is 5.82 Å². The van der Waals surface area contributed by atoms with E-state index >= 15 is 0 Å². The third-order valence-corrected chi connectivity index (χ3v) is 2.41. The molecule has 0 aromatic heterocycles. The van der Waals surface area contributed by atoms with Crippen LogP contribution in [0, 0.1) is 5.82 Å². The standard InChI is InChI=1S/C14H14FNO/c15-12-3-7-14(8-4-12)17-13-5-1-11(2-6-13)9-10-16/h1-8H,9-10,16H2. The minimum atomic E-state index is -0.268. The predicted octanol–water partition coefficient (Wildman–Crippen LogP) is 3.12. The second-order valence-corrected chi connectivity index (χ2v) is 3.74. The van der Waals surface area contributed by atoms with Gasteiger partial charge in [0.25, 0.3) is 0 Å². The molecule has 0 amide bonds. The lowest BCUT2D eigenvalue weighted by Gasteiger charge is -2.06. The van der Waals surface area contributed by atoms with Crippen LogP contribution in [0.2, 0.25) is 0 Å². The third kappa shape index (κ3) is 3.29. The Bertz CT molecular complexity index is 465. The second-order valence-electron chi connectivity index (χ2n) is 3.74. The predicted molar refractivity (Wildman–Crippen MR) is 65.7 cm³/mol. The number of nitrogens with two attached hydrogens (primary N) is 1. The third-order valence-electron chi connectivity index (χ3n) is 2.41. The van der Waals surface area contributed by atoms with Crippen molar-refractivity contribution in [2.24, 2.45) is 5.73 Å². The summed E-state index contributed by atoms with van der Waals surface area (Å²) in [4.78, 5) is 0. The van der Waals surface area contributed by atoms with Gasteiger partial charge in [0.1, 0.15) is 17.3 Å². The van der Waals surface area contributed by atoms with Gasteiger partial charge < -0.3 is 10.5 Å². The summed E-state index contributed by atoms with van der Waals surface area (Å²) in [5.74, 6) is 1.09. The van der Waals surface area contributed by atoms with Crippen LogP contribution >= 0.6 is 0 Å². The summed E-state index contributed by atoms with van der Waals surface area (Å²) in [6, 6.07) is 13.7. The molecular formula is C14H14FNO. The van der Waals surface area contributed by atoms with E-state index in [9.17, 15) is 4.39 Å². The quantitative estimate of drug-likeness (QED) is 0.877. The summed E-state index contributed by atoms with van der Waals surface area (Å²) in [7, 11) is 0. The van der Waals surface area contributed by atoms with Crippen molar-refractivity contribution in [3.05, 3.63) is 59.9 Å². The van der Waals surface area contributed by atoms with Crippen molar-refractivity contribution >= 4 is 0 Å². The van der Waals surface area contributed by atoms with Crippen LogP contribution in [-0.2, 0) is 6.42 Å².